The number of nitrogens with one attached hydrogen (secondary N) is 1. The molecule has 1 aliphatic rings. The molecule has 1 fully saturated rings. The fourth-order valence-electron chi connectivity index (χ4n) is 2.40. The number of hydrogen-bond donors (Lipinski definition) is 1. The minimum absolute atomic E-state index is 0.000462. The maximum absolute atomic E-state index is 12.5. The first-order valence-electron chi connectivity index (χ1n) is 7.05. The molecule has 2 atom stereocenters. The Bertz CT molecular complexity index is 302. The second-order valence-electron chi connectivity index (χ2n) is 5.69. The molecule has 0 radical (unpaired) electrons. The van der Waals surface area contributed by atoms with E-state index in [0.717, 1.165) is 25.8 Å². The van der Waals surface area contributed by atoms with E-state index in [1.807, 2.05) is 11.8 Å². The van der Waals surface area contributed by atoms with E-state index < -0.39 is 0 Å². The lowest BCUT2D eigenvalue weighted by molar-refractivity contribution is -0.135. The Balaban J connectivity index is 2.80. The van der Waals surface area contributed by atoms with Gasteiger partial charge in [0.2, 0.25) is 11.8 Å². The first kappa shape index (κ1) is 15.0. The molecule has 0 aromatic heterocycles. The van der Waals surface area contributed by atoms with Crippen molar-refractivity contribution in [2.75, 3.05) is 6.54 Å². The van der Waals surface area contributed by atoms with Gasteiger partial charge in [0.25, 0.3) is 0 Å². The summed E-state index contributed by atoms with van der Waals surface area (Å²) in [6.07, 6.45) is 3.20. The predicted octanol–water partition coefficient (Wildman–Crippen LogP) is 1.94. The van der Waals surface area contributed by atoms with Crippen molar-refractivity contribution in [3.8, 4) is 0 Å². The normalized spacial score (nSPS) is 25.3. The molecule has 104 valence electrons. The third-order valence-electron chi connectivity index (χ3n) is 3.39. The van der Waals surface area contributed by atoms with E-state index >= 15 is 0 Å². The third-order valence-corrected chi connectivity index (χ3v) is 3.39. The maximum Gasteiger partial charge on any atom is 0.245 e. The molecule has 1 aliphatic heterocycles. The molecule has 0 bridgehead atoms. The zero-order chi connectivity index (χ0) is 13.7. The van der Waals surface area contributed by atoms with Crippen LogP contribution in [-0.4, -0.2) is 35.3 Å². The lowest BCUT2D eigenvalue weighted by atomic mass is 10.0. The molecular formula is C14H26N2O2. The smallest absolute Gasteiger partial charge is 0.245 e. The maximum atomic E-state index is 12.5. The van der Waals surface area contributed by atoms with Crippen molar-refractivity contribution in [2.45, 2.75) is 65.5 Å². The Kier molecular flexibility index (Phi) is 5.63. The molecule has 2 amide bonds. The van der Waals surface area contributed by atoms with Gasteiger partial charge in [-0.05, 0) is 25.7 Å². The zero-order valence-corrected chi connectivity index (χ0v) is 12.0. The Morgan fingerprint density at radius 2 is 2.06 bits per heavy atom. The SMILES string of the molecule is CCCCN1C(=O)C(CC(C)C)NC(=O)CC1C. The zero-order valence-electron chi connectivity index (χ0n) is 12.0. The van der Waals surface area contributed by atoms with Crippen molar-refractivity contribution < 1.29 is 9.59 Å². The van der Waals surface area contributed by atoms with E-state index in [2.05, 4.69) is 26.1 Å². The minimum atomic E-state index is -0.334. The second-order valence-corrected chi connectivity index (χ2v) is 5.69. The van der Waals surface area contributed by atoms with Crippen molar-refractivity contribution in [3.63, 3.8) is 0 Å². The molecule has 1 rings (SSSR count). The highest BCUT2D eigenvalue weighted by molar-refractivity contribution is 5.90. The molecule has 1 heterocycles. The van der Waals surface area contributed by atoms with E-state index in [1.54, 1.807) is 0 Å². The van der Waals surface area contributed by atoms with Crippen LogP contribution in [0, 0.1) is 5.92 Å². The highest BCUT2D eigenvalue weighted by Gasteiger charge is 2.33. The van der Waals surface area contributed by atoms with Crippen LogP contribution in [0.25, 0.3) is 0 Å². The predicted molar refractivity (Wildman–Crippen MR) is 72.1 cm³/mol. The van der Waals surface area contributed by atoms with Crippen molar-refractivity contribution >= 4 is 11.8 Å². The molecule has 4 nitrogen and oxygen atoms in total. The van der Waals surface area contributed by atoms with Crippen LogP contribution in [-0.2, 0) is 9.59 Å². The number of nitrogens with zero attached hydrogens (tertiary/aromatic N) is 1. The quantitative estimate of drug-likeness (QED) is 0.815. The number of unbranched alkanes of at least 4 members (excludes halogenated alkanes) is 1. The molecule has 0 aromatic rings. The number of carbonyl (C=O) groups excluding carboxylic acids is 2. The summed E-state index contributed by atoms with van der Waals surface area (Å²) in [5.41, 5.74) is 0. The van der Waals surface area contributed by atoms with Crippen molar-refractivity contribution in [1.82, 2.24) is 10.2 Å². The van der Waals surface area contributed by atoms with Gasteiger partial charge in [-0.3, -0.25) is 9.59 Å². The molecule has 0 spiro atoms. The highest BCUT2D eigenvalue weighted by Crippen LogP contribution is 2.16. The largest absolute Gasteiger partial charge is 0.344 e. The Hall–Kier alpha value is -1.06. The molecule has 4 heteroatoms. The first-order chi connectivity index (χ1) is 8.45. The highest BCUT2D eigenvalue weighted by atomic mass is 16.2. The second kappa shape index (κ2) is 6.76. The number of hydrogen-bond acceptors (Lipinski definition) is 2. The molecule has 0 aromatic carbocycles. The van der Waals surface area contributed by atoms with Crippen LogP contribution < -0.4 is 5.32 Å². The van der Waals surface area contributed by atoms with Gasteiger partial charge in [0.05, 0.1) is 0 Å². The molecule has 1 N–H and O–H groups in total. The average molecular weight is 254 g/mol. The topological polar surface area (TPSA) is 49.4 Å². The van der Waals surface area contributed by atoms with Crippen molar-refractivity contribution in [3.05, 3.63) is 0 Å². The van der Waals surface area contributed by atoms with Gasteiger partial charge >= 0.3 is 0 Å². The van der Waals surface area contributed by atoms with Gasteiger partial charge in [0.15, 0.2) is 0 Å². The van der Waals surface area contributed by atoms with Gasteiger partial charge < -0.3 is 10.2 Å². The van der Waals surface area contributed by atoms with Crippen LogP contribution >= 0.6 is 0 Å². The Morgan fingerprint density at radius 1 is 1.39 bits per heavy atom. The minimum Gasteiger partial charge on any atom is -0.344 e. The van der Waals surface area contributed by atoms with E-state index in [0.29, 0.717) is 12.3 Å². The Labute approximate surface area is 110 Å². The van der Waals surface area contributed by atoms with Gasteiger partial charge in [0, 0.05) is 19.0 Å². The molecule has 2 unspecified atom stereocenters. The number of rotatable bonds is 5. The van der Waals surface area contributed by atoms with Crippen molar-refractivity contribution in [2.24, 2.45) is 5.92 Å². The van der Waals surface area contributed by atoms with Crippen LogP contribution in [0.2, 0.25) is 0 Å². The number of carbonyl (C=O) groups is 2. The average Bonchev–Trinajstić information content (AvgIpc) is 2.35. The summed E-state index contributed by atoms with van der Waals surface area (Å²) in [6, 6.07) is -0.319. The summed E-state index contributed by atoms with van der Waals surface area (Å²) in [4.78, 5) is 26.1. The lowest BCUT2D eigenvalue weighted by Gasteiger charge is -2.29. The van der Waals surface area contributed by atoms with Crippen LogP contribution in [0.5, 0.6) is 0 Å². The molecule has 0 saturated carbocycles. The van der Waals surface area contributed by atoms with E-state index in [4.69, 9.17) is 0 Å². The summed E-state index contributed by atoms with van der Waals surface area (Å²) in [5, 5.41) is 2.87. The van der Waals surface area contributed by atoms with E-state index in [1.165, 1.54) is 0 Å². The van der Waals surface area contributed by atoms with Crippen LogP contribution in [0.3, 0.4) is 0 Å². The third kappa shape index (κ3) is 4.00. The molecule has 1 saturated heterocycles. The monoisotopic (exact) mass is 254 g/mol. The lowest BCUT2D eigenvalue weighted by Crippen LogP contribution is -2.47. The van der Waals surface area contributed by atoms with Gasteiger partial charge in [-0.25, -0.2) is 0 Å². The molecule has 0 aliphatic carbocycles. The summed E-state index contributed by atoms with van der Waals surface area (Å²) >= 11 is 0. The fraction of sp³-hybridized carbons (Fsp3) is 0.857. The first-order valence-corrected chi connectivity index (χ1v) is 7.05. The summed E-state index contributed by atoms with van der Waals surface area (Å²) in [7, 11) is 0. The summed E-state index contributed by atoms with van der Waals surface area (Å²) < 4.78 is 0. The summed E-state index contributed by atoms with van der Waals surface area (Å²) in [5.74, 6) is 0.497. The molecular weight excluding hydrogens is 228 g/mol. The van der Waals surface area contributed by atoms with Crippen molar-refractivity contribution in [1.29, 1.82) is 0 Å². The number of amides is 2. The van der Waals surface area contributed by atoms with Gasteiger partial charge in [-0.1, -0.05) is 27.2 Å². The van der Waals surface area contributed by atoms with Crippen LogP contribution in [0.15, 0.2) is 0 Å². The molecule has 18 heavy (non-hydrogen) atoms. The van der Waals surface area contributed by atoms with Crippen LogP contribution in [0.1, 0.15) is 53.4 Å². The van der Waals surface area contributed by atoms with Gasteiger partial charge in [-0.2, -0.15) is 0 Å². The fourth-order valence-corrected chi connectivity index (χ4v) is 2.40. The van der Waals surface area contributed by atoms with Gasteiger partial charge in [-0.15, -0.1) is 0 Å². The van der Waals surface area contributed by atoms with Crippen LogP contribution in [0.4, 0.5) is 0 Å². The standard InChI is InChI=1S/C14H26N2O2/c1-5-6-7-16-11(4)9-13(17)15-12(14(16)18)8-10(2)3/h10-12H,5-9H2,1-4H3,(H,15,17). The summed E-state index contributed by atoms with van der Waals surface area (Å²) in [6.45, 7) is 8.99. The van der Waals surface area contributed by atoms with Gasteiger partial charge in [0.1, 0.15) is 6.04 Å². The Morgan fingerprint density at radius 3 is 2.61 bits per heavy atom. The van der Waals surface area contributed by atoms with E-state index in [-0.39, 0.29) is 23.9 Å². The van der Waals surface area contributed by atoms with E-state index in [9.17, 15) is 9.59 Å².